The van der Waals surface area contributed by atoms with Crippen molar-refractivity contribution in [2.45, 2.75) is 52.4 Å². The monoisotopic (exact) mass is 266 g/mol. The Morgan fingerprint density at radius 1 is 0.941 bits per heavy atom. The van der Waals surface area contributed by atoms with Crippen LogP contribution in [0.15, 0.2) is 25.3 Å². The van der Waals surface area contributed by atoms with Gasteiger partial charge in [-0.05, 0) is 12.8 Å². The van der Waals surface area contributed by atoms with E-state index in [2.05, 4.69) is 27.0 Å². The lowest BCUT2D eigenvalue weighted by atomic mass is 10.3. The molecule has 0 unspecified atom stereocenters. The average Bonchev–Trinajstić information content (AvgIpc) is 2.22. The summed E-state index contributed by atoms with van der Waals surface area (Å²) in [4.78, 5) is 21.6. The van der Waals surface area contributed by atoms with Gasteiger partial charge >= 0.3 is 7.82 Å². The molecule has 5 heteroatoms. The van der Waals surface area contributed by atoms with Gasteiger partial charge in [-0.2, -0.15) is 0 Å². The van der Waals surface area contributed by atoms with Gasteiger partial charge in [-0.1, -0.05) is 51.7 Å². The summed E-state index contributed by atoms with van der Waals surface area (Å²) in [5.41, 5.74) is 0. The van der Waals surface area contributed by atoms with Gasteiger partial charge in [0.15, 0.2) is 0 Å². The largest absolute Gasteiger partial charge is 0.466 e. The molecule has 0 aromatic rings. The molecule has 0 radical (unpaired) electrons. The van der Waals surface area contributed by atoms with Crippen molar-refractivity contribution in [3.8, 4) is 0 Å². The fourth-order valence-electron chi connectivity index (χ4n) is 0.697. The SMILES string of the molecule is C=CCCCC.C=CCCCC.O=P(O)(O)O. The van der Waals surface area contributed by atoms with E-state index in [1.54, 1.807) is 0 Å². The van der Waals surface area contributed by atoms with Crippen LogP contribution in [0.25, 0.3) is 0 Å². The number of phosphoric acid groups is 1. The van der Waals surface area contributed by atoms with Crippen LogP contribution >= 0.6 is 7.82 Å². The van der Waals surface area contributed by atoms with E-state index in [9.17, 15) is 0 Å². The predicted molar refractivity (Wildman–Crippen MR) is 73.7 cm³/mol. The second kappa shape index (κ2) is 18.0. The zero-order chi connectivity index (χ0) is 14.2. The number of hydrogen-bond donors (Lipinski definition) is 3. The predicted octanol–water partition coefficient (Wildman–Crippen LogP) is 3.80. The van der Waals surface area contributed by atoms with Gasteiger partial charge in [-0.25, -0.2) is 4.57 Å². The van der Waals surface area contributed by atoms with Crippen LogP contribution in [0.3, 0.4) is 0 Å². The van der Waals surface area contributed by atoms with Crippen LogP contribution in [0, 0.1) is 0 Å². The Bertz CT molecular complexity index is 178. The van der Waals surface area contributed by atoms with E-state index in [1.165, 1.54) is 38.5 Å². The molecule has 104 valence electrons. The third-order valence-corrected chi connectivity index (χ3v) is 1.52. The number of hydrogen-bond acceptors (Lipinski definition) is 1. The molecule has 0 bridgehead atoms. The van der Waals surface area contributed by atoms with Gasteiger partial charge in [0.1, 0.15) is 0 Å². The first-order valence-electron chi connectivity index (χ1n) is 5.83. The third-order valence-electron chi connectivity index (χ3n) is 1.52. The molecule has 0 aliphatic heterocycles. The highest BCUT2D eigenvalue weighted by atomic mass is 31.2. The molecule has 0 aliphatic rings. The summed E-state index contributed by atoms with van der Waals surface area (Å²) < 4.78 is 8.88. The molecule has 0 spiro atoms. The van der Waals surface area contributed by atoms with Gasteiger partial charge in [0.05, 0.1) is 0 Å². The van der Waals surface area contributed by atoms with E-state index in [-0.39, 0.29) is 0 Å². The normalized spacial score (nSPS) is 9.24. The van der Waals surface area contributed by atoms with Crippen molar-refractivity contribution < 1.29 is 19.2 Å². The number of rotatable bonds is 6. The quantitative estimate of drug-likeness (QED) is 0.388. The molecule has 3 N–H and O–H groups in total. The summed E-state index contributed by atoms with van der Waals surface area (Å²) in [6.45, 7) is 11.6. The molecule has 0 fully saturated rings. The summed E-state index contributed by atoms with van der Waals surface area (Å²) in [7, 11) is -4.64. The lowest BCUT2D eigenvalue weighted by Gasteiger charge is -1.82. The molecule has 0 aromatic carbocycles. The van der Waals surface area contributed by atoms with Crippen LogP contribution in [0.1, 0.15) is 52.4 Å². The van der Waals surface area contributed by atoms with Crippen molar-refractivity contribution in [3.05, 3.63) is 25.3 Å². The number of allylic oxidation sites excluding steroid dienone is 2. The van der Waals surface area contributed by atoms with Crippen molar-refractivity contribution in [2.75, 3.05) is 0 Å². The lowest BCUT2D eigenvalue weighted by molar-refractivity contribution is 0.275. The zero-order valence-electron chi connectivity index (χ0n) is 11.0. The lowest BCUT2D eigenvalue weighted by Crippen LogP contribution is -1.66. The maximum absolute atomic E-state index is 8.88. The summed E-state index contributed by atoms with van der Waals surface area (Å²) in [6.07, 6.45) is 11.4. The molecular weight excluding hydrogens is 239 g/mol. The Balaban J connectivity index is -0.000000174. The first-order chi connectivity index (χ1) is 7.83. The molecular formula is C12H27O4P. The van der Waals surface area contributed by atoms with Crippen LogP contribution in [0.4, 0.5) is 0 Å². The van der Waals surface area contributed by atoms with Gasteiger partial charge in [0.2, 0.25) is 0 Å². The molecule has 0 saturated carbocycles. The van der Waals surface area contributed by atoms with E-state index in [4.69, 9.17) is 19.2 Å². The topological polar surface area (TPSA) is 77.8 Å². The van der Waals surface area contributed by atoms with Gasteiger partial charge in [-0.15, -0.1) is 13.2 Å². The van der Waals surface area contributed by atoms with Crippen LogP contribution in [0.5, 0.6) is 0 Å². The summed E-state index contributed by atoms with van der Waals surface area (Å²) in [5.74, 6) is 0. The van der Waals surface area contributed by atoms with Gasteiger partial charge in [-0.3, -0.25) is 0 Å². The molecule has 4 nitrogen and oxygen atoms in total. The first kappa shape index (κ1) is 21.8. The van der Waals surface area contributed by atoms with E-state index in [0.717, 1.165) is 0 Å². The van der Waals surface area contributed by atoms with Gasteiger partial charge in [0.25, 0.3) is 0 Å². The highest BCUT2D eigenvalue weighted by Gasteiger charge is 2.00. The van der Waals surface area contributed by atoms with Crippen molar-refractivity contribution >= 4 is 7.82 Å². The first-order valence-corrected chi connectivity index (χ1v) is 7.39. The van der Waals surface area contributed by atoms with Crippen LogP contribution < -0.4 is 0 Å². The summed E-state index contributed by atoms with van der Waals surface area (Å²) in [5, 5.41) is 0. The molecule has 0 amide bonds. The Hall–Kier alpha value is -0.410. The van der Waals surface area contributed by atoms with E-state index in [0.29, 0.717) is 0 Å². The minimum Gasteiger partial charge on any atom is -0.303 e. The minimum absolute atomic E-state index is 1.18. The fourth-order valence-corrected chi connectivity index (χ4v) is 0.697. The molecule has 0 aromatic heterocycles. The molecule has 0 atom stereocenters. The standard InChI is InChI=1S/2C6H12.H3O4P/c2*1-3-5-6-4-2;1-5(2,3)4/h2*3H,1,4-6H2,2H3;(H3,1,2,3,4). The second-order valence-electron chi connectivity index (χ2n) is 3.38. The van der Waals surface area contributed by atoms with E-state index >= 15 is 0 Å². The smallest absolute Gasteiger partial charge is 0.303 e. The van der Waals surface area contributed by atoms with Gasteiger partial charge in [0, 0.05) is 0 Å². The summed E-state index contributed by atoms with van der Waals surface area (Å²) in [6, 6.07) is 0. The van der Waals surface area contributed by atoms with Gasteiger partial charge < -0.3 is 14.7 Å². The maximum atomic E-state index is 8.88. The van der Waals surface area contributed by atoms with Crippen molar-refractivity contribution in [3.63, 3.8) is 0 Å². The minimum atomic E-state index is -4.64. The average molecular weight is 266 g/mol. The number of unbranched alkanes of at least 4 members (excludes halogenated alkanes) is 4. The highest BCUT2D eigenvalue weighted by molar-refractivity contribution is 7.45. The Morgan fingerprint density at radius 3 is 1.24 bits per heavy atom. The van der Waals surface area contributed by atoms with E-state index < -0.39 is 7.82 Å². The van der Waals surface area contributed by atoms with Crippen LogP contribution in [-0.4, -0.2) is 14.7 Å². The second-order valence-corrected chi connectivity index (χ2v) is 4.40. The molecule has 0 saturated heterocycles. The van der Waals surface area contributed by atoms with Crippen molar-refractivity contribution in [1.82, 2.24) is 0 Å². The highest BCUT2D eigenvalue weighted by Crippen LogP contribution is 2.25. The zero-order valence-corrected chi connectivity index (χ0v) is 11.9. The third kappa shape index (κ3) is 92.1. The van der Waals surface area contributed by atoms with Crippen LogP contribution in [0.2, 0.25) is 0 Å². The fraction of sp³-hybridized carbons (Fsp3) is 0.667. The molecule has 0 aliphatic carbocycles. The summed E-state index contributed by atoms with van der Waals surface area (Å²) >= 11 is 0. The van der Waals surface area contributed by atoms with Crippen molar-refractivity contribution in [1.29, 1.82) is 0 Å². The Labute approximate surface area is 105 Å². The molecule has 17 heavy (non-hydrogen) atoms. The molecule has 0 heterocycles. The maximum Gasteiger partial charge on any atom is 0.466 e. The van der Waals surface area contributed by atoms with Crippen LogP contribution in [-0.2, 0) is 4.57 Å². The Morgan fingerprint density at radius 2 is 1.18 bits per heavy atom. The van der Waals surface area contributed by atoms with E-state index in [1.807, 2.05) is 12.2 Å². The Kier molecular flexibility index (Phi) is 23.1. The molecule has 0 rings (SSSR count). The van der Waals surface area contributed by atoms with Crippen molar-refractivity contribution in [2.24, 2.45) is 0 Å².